The highest BCUT2D eigenvalue weighted by molar-refractivity contribution is 5.76. The van der Waals surface area contributed by atoms with Gasteiger partial charge in [0.1, 0.15) is 24.7 Å². The van der Waals surface area contributed by atoms with Crippen LogP contribution in [0.25, 0.3) is 11.1 Å². The Kier molecular flexibility index (Phi) is 7.26. The van der Waals surface area contributed by atoms with Crippen LogP contribution in [0.3, 0.4) is 0 Å². The summed E-state index contributed by atoms with van der Waals surface area (Å²) in [6, 6.07) is 29.9. The van der Waals surface area contributed by atoms with Crippen LogP contribution in [-0.2, 0) is 19.8 Å². The number of aromatic amines is 1. The van der Waals surface area contributed by atoms with Crippen molar-refractivity contribution in [2.75, 3.05) is 0 Å². The summed E-state index contributed by atoms with van der Waals surface area (Å²) in [4.78, 5) is 24.9. The fraction of sp³-hybridized carbons (Fsp3) is 0.161. The Morgan fingerprint density at radius 1 is 0.737 bits per heavy atom. The van der Waals surface area contributed by atoms with Crippen molar-refractivity contribution in [1.82, 2.24) is 9.72 Å². The highest BCUT2D eigenvalue weighted by Crippen LogP contribution is 2.36. The van der Waals surface area contributed by atoms with Crippen molar-refractivity contribution in [3.05, 3.63) is 140 Å². The molecule has 0 aliphatic carbocycles. The number of H-pyrrole nitrogens is 1. The van der Waals surface area contributed by atoms with E-state index in [1.54, 1.807) is 0 Å². The zero-order valence-electron chi connectivity index (χ0n) is 21.3. The lowest BCUT2D eigenvalue weighted by Crippen LogP contribution is -2.17. The summed E-state index contributed by atoms with van der Waals surface area (Å²) in [5.41, 5.74) is 6.91. The van der Waals surface area contributed by atoms with Gasteiger partial charge < -0.3 is 14.0 Å². The molecule has 7 nitrogen and oxygen atoms in total. The van der Waals surface area contributed by atoms with E-state index in [1.165, 1.54) is 11.1 Å². The molecule has 0 atom stereocenters. The maximum atomic E-state index is 11.7. The molecular weight excluding hydrogens is 480 g/mol. The molecule has 0 bridgehead atoms. The SMILES string of the molecule is Cc1cccc(C)c1-c1cc(COc2ccc(Cn3oc(=O)[nH]c3=O)cc2)ccc1OCc1ccccc1. The van der Waals surface area contributed by atoms with E-state index >= 15 is 0 Å². The Bertz CT molecular complexity index is 1630. The highest BCUT2D eigenvalue weighted by Gasteiger charge is 2.13. The number of ether oxygens (including phenoxy) is 2. The molecule has 1 aromatic heterocycles. The number of benzene rings is 4. The van der Waals surface area contributed by atoms with Gasteiger partial charge in [0.2, 0.25) is 0 Å². The van der Waals surface area contributed by atoms with Crippen molar-refractivity contribution in [3.63, 3.8) is 0 Å². The molecule has 0 radical (unpaired) electrons. The Morgan fingerprint density at radius 2 is 1.42 bits per heavy atom. The fourth-order valence-electron chi connectivity index (χ4n) is 4.40. The highest BCUT2D eigenvalue weighted by atomic mass is 16.5. The molecule has 192 valence electrons. The Morgan fingerprint density at radius 3 is 2.11 bits per heavy atom. The van der Waals surface area contributed by atoms with E-state index in [2.05, 4.69) is 55.2 Å². The Balaban J connectivity index is 1.34. The molecule has 1 heterocycles. The van der Waals surface area contributed by atoms with E-state index in [1.807, 2.05) is 54.6 Å². The molecule has 38 heavy (non-hydrogen) atoms. The summed E-state index contributed by atoms with van der Waals surface area (Å²) in [5, 5.41) is 0. The minimum Gasteiger partial charge on any atom is -0.489 e. The zero-order valence-corrected chi connectivity index (χ0v) is 21.3. The molecule has 1 N–H and O–H groups in total. The van der Waals surface area contributed by atoms with Crippen LogP contribution in [0, 0.1) is 13.8 Å². The van der Waals surface area contributed by atoms with Crippen molar-refractivity contribution >= 4 is 0 Å². The lowest BCUT2D eigenvalue weighted by molar-refractivity contribution is 0.258. The molecular formula is C31H28N2O5. The maximum Gasteiger partial charge on any atom is 0.440 e. The summed E-state index contributed by atoms with van der Waals surface area (Å²) in [6.45, 7) is 5.24. The van der Waals surface area contributed by atoms with Gasteiger partial charge in [0.25, 0.3) is 0 Å². The topological polar surface area (TPSA) is 86.5 Å². The number of aromatic nitrogens is 2. The zero-order chi connectivity index (χ0) is 26.5. The van der Waals surface area contributed by atoms with Crippen molar-refractivity contribution in [3.8, 4) is 22.6 Å². The standard InChI is InChI=1S/C31H28N2O5/c1-21-7-6-8-22(2)29(21)27-17-25(13-16-28(27)37-19-24-9-4-3-5-10-24)20-36-26-14-11-23(12-15-26)18-33-30(34)32-31(35)38-33/h3-17H,18-20H2,1-2H3,(H,32,34,35). The van der Waals surface area contributed by atoms with Crippen molar-refractivity contribution in [1.29, 1.82) is 0 Å². The summed E-state index contributed by atoms with van der Waals surface area (Å²) in [5.74, 6) is 0.743. The van der Waals surface area contributed by atoms with Crippen molar-refractivity contribution in [2.24, 2.45) is 0 Å². The Labute approximate surface area is 219 Å². The van der Waals surface area contributed by atoms with Crippen LogP contribution in [0.1, 0.15) is 27.8 Å². The van der Waals surface area contributed by atoms with Crippen LogP contribution < -0.4 is 20.9 Å². The number of rotatable bonds is 9. The summed E-state index contributed by atoms with van der Waals surface area (Å²) in [6.07, 6.45) is 0. The Hall–Kier alpha value is -4.78. The maximum absolute atomic E-state index is 11.7. The van der Waals surface area contributed by atoms with Crippen LogP contribution in [0.15, 0.2) is 105 Å². The quantitative estimate of drug-likeness (QED) is 0.279. The van der Waals surface area contributed by atoms with E-state index in [9.17, 15) is 9.59 Å². The van der Waals surface area contributed by atoms with Crippen LogP contribution in [0.2, 0.25) is 0 Å². The van der Waals surface area contributed by atoms with Crippen LogP contribution >= 0.6 is 0 Å². The van der Waals surface area contributed by atoms with E-state index in [0.29, 0.717) is 19.0 Å². The predicted octanol–water partition coefficient (Wildman–Crippen LogP) is 5.62. The number of hydrogen-bond acceptors (Lipinski definition) is 5. The summed E-state index contributed by atoms with van der Waals surface area (Å²) in [7, 11) is 0. The minimum atomic E-state index is -0.772. The van der Waals surface area contributed by atoms with Crippen molar-refractivity contribution in [2.45, 2.75) is 33.6 Å². The fourth-order valence-corrected chi connectivity index (χ4v) is 4.40. The van der Waals surface area contributed by atoms with Gasteiger partial charge in [0.15, 0.2) is 0 Å². The second-order valence-corrected chi connectivity index (χ2v) is 9.15. The van der Waals surface area contributed by atoms with E-state index in [-0.39, 0.29) is 6.54 Å². The van der Waals surface area contributed by atoms with Gasteiger partial charge in [0, 0.05) is 5.56 Å². The van der Waals surface area contributed by atoms with Crippen LogP contribution in [0.5, 0.6) is 11.5 Å². The van der Waals surface area contributed by atoms with Gasteiger partial charge >= 0.3 is 11.4 Å². The van der Waals surface area contributed by atoms with Gasteiger partial charge in [-0.3, -0.25) is 0 Å². The van der Waals surface area contributed by atoms with Gasteiger partial charge in [-0.25, -0.2) is 14.6 Å². The molecule has 0 saturated heterocycles. The number of aryl methyl sites for hydroxylation is 2. The monoisotopic (exact) mass is 508 g/mol. The minimum absolute atomic E-state index is 0.154. The summed E-state index contributed by atoms with van der Waals surface area (Å²) >= 11 is 0. The lowest BCUT2D eigenvalue weighted by Gasteiger charge is -2.17. The average molecular weight is 509 g/mol. The third kappa shape index (κ3) is 5.78. The molecule has 0 saturated carbocycles. The molecule has 4 aromatic carbocycles. The first kappa shape index (κ1) is 24.9. The first-order valence-electron chi connectivity index (χ1n) is 12.3. The molecule has 0 aliphatic rings. The molecule has 5 rings (SSSR count). The number of nitrogens with zero attached hydrogens (tertiary/aromatic N) is 1. The number of nitrogens with one attached hydrogen (secondary N) is 1. The van der Waals surface area contributed by atoms with Gasteiger partial charge in [-0.2, -0.15) is 0 Å². The van der Waals surface area contributed by atoms with E-state index in [4.69, 9.17) is 14.0 Å². The summed E-state index contributed by atoms with van der Waals surface area (Å²) < 4.78 is 18.1. The predicted molar refractivity (Wildman–Crippen MR) is 146 cm³/mol. The normalized spacial score (nSPS) is 10.9. The first-order chi connectivity index (χ1) is 18.5. The molecule has 0 aliphatic heterocycles. The molecule has 0 unspecified atom stereocenters. The van der Waals surface area contributed by atoms with E-state index in [0.717, 1.165) is 38.3 Å². The average Bonchev–Trinajstić information content (AvgIpc) is 3.24. The third-order valence-corrected chi connectivity index (χ3v) is 6.32. The van der Waals surface area contributed by atoms with E-state index < -0.39 is 11.4 Å². The molecule has 7 heteroatoms. The smallest absolute Gasteiger partial charge is 0.440 e. The van der Waals surface area contributed by atoms with Crippen LogP contribution in [-0.4, -0.2) is 9.72 Å². The second kappa shape index (κ2) is 11.1. The first-order valence-corrected chi connectivity index (χ1v) is 12.3. The molecule has 0 fully saturated rings. The molecule has 5 aromatic rings. The molecule has 0 spiro atoms. The second-order valence-electron chi connectivity index (χ2n) is 9.15. The van der Waals surface area contributed by atoms with Gasteiger partial charge in [-0.1, -0.05) is 66.7 Å². The largest absolute Gasteiger partial charge is 0.489 e. The van der Waals surface area contributed by atoms with Crippen LogP contribution in [0.4, 0.5) is 0 Å². The third-order valence-electron chi connectivity index (χ3n) is 6.32. The number of hydrogen-bond donors (Lipinski definition) is 1. The van der Waals surface area contributed by atoms with Gasteiger partial charge in [0.05, 0.1) is 6.54 Å². The lowest BCUT2D eigenvalue weighted by atomic mass is 9.94. The van der Waals surface area contributed by atoms with Crippen molar-refractivity contribution < 1.29 is 14.0 Å². The molecule has 0 amide bonds. The van der Waals surface area contributed by atoms with Gasteiger partial charge in [-0.15, -0.1) is 4.74 Å². The van der Waals surface area contributed by atoms with Gasteiger partial charge in [-0.05, 0) is 71.5 Å².